The van der Waals surface area contributed by atoms with Gasteiger partial charge in [0.1, 0.15) is 0 Å². The summed E-state index contributed by atoms with van der Waals surface area (Å²) in [7, 11) is 0. The number of aliphatic hydroxyl groups is 1. The van der Waals surface area contributed by atoms with Crippen LogP contribution in [0.15, 0.2) is 18.2 Å². The Morgan fingerprint density at radius 1 is 1.35 bits per heavy atom. The molecule has 0 atom stereocenters. The zero-order valence-corrected chi connectivity index (χ0v) is 9.77. The second-order valence-corrected chi connectivity index (χ2v) is 4.27. The van der Waals surface area contributed by atoms with Crippen LogP contribution in [0, 0.1) is 6.92 Å². The molecule has 0 aliphatic carbocycles. The molecular formula is C13H15NO3. The quantitative estimate of drug-likeness (QED) is 0.787. The van der Waals surface area contributed by atoms with Crippen LogP contribution in [0.4, 0.5) is 5.69 Å². The average Bonchev–Trinajstić information content (AvgIpc) is 2.30. The summed E-state index contributed by atoms with van der Waals surface area (Å²) in [6, 6.07) is 5.73. The molecular weight excluding hydrogens is 218 g/mol. The van der Waals surface area contributed by atoms with E-state index < -0.39 is 5.91 Å². The van der Waals surface area contributed by atoms with Gasteiger partial charge in [0.15, 0.2) is 0 Å². The first-order valence-corrected chi connectivity index (χ1v) is 5.68. The second kappa shape index (κ2) is 4.67. The summed E-state index contributed by atoms with van der Waals surface area (Å²) in [5.41, 5.74) is 2.77. The van der Waals surface area contributed by atoms with Crippen LogP contribution in [0.1, 0.15) is 17.5 Å². The lowest BCUT2D eigenvalue weighted by Crippen LogP contribution is -2.42. The van der Waals surface area contributed by atoms with Crippen LogP contribution in [0.3, 0.4) is 0 Å². The molecule has 0 bridgehead atoms. The Bertz CT molecular complexity index is 468. The van der Waals surface area contributed by atoms with Crippen LogP contribution in [0.25, 0.3) is 0 Å². The second-order valence-electron chi connectivity index (χ2n) is 4.27. The van der Waals surface area contributed by atoms with Gasteiger partial charge in [0.2, 0.25) is 5.78 Å². The van der Waals surface area contributed by atoms with Gasteiger partial charge in [-0.1, -0.05) is 17.7 Å². The molecule has 17 heavy (non-hydrogen) atoms. The van der Waals surface area contributed by atoms with Crippen molar-refractivity contribution in [2.24, 2.45) is 0 Å². The summed E-state index contributed by atoms with van der Waals surface area (Å²) in [5, 5.41) is 8.82. The van der Waals surface area contributed by atoms with Gasteiger partial charge in [0.25, 0.3) is 5.91 Å². The smallest absolute Gasteiger partial charge is 0.294 e. The summed E-state index contributed by atoms with van der Waals surface area (Å²) >= 11 is 0. The summed E-state index contributed by atoms with van der Waals surface area (Å²) in [6.45, 7) is 2.36. The third-order valence-corrected chi connectivity index (χ3v) is 2.90. The SMILES string of the molecule is Cc1ccc2c(c1)CC(=O)C(=O)N2CCCO. The molecule has 4 nitrogen and oxygen atoms in total. The van der Waals surface area contributed by atoms with Crippen molar-refractivity contribution >= 4 is 17.4 Å². The van der Waals surface area contributed by atoms with Crippen LogP contribution in [0.2, 0.25) is 0 Å². The standard InChI is InChI=1S/C13H15NO3/c1-9-3-4-11-10(7-9)8-12(16)13(17)14(11)5-2-6-15/h3-4,7,15H,2,5-6,8H2,1H3. The number of aliphatic hydroxyl groups excluding tert-OH is 1. The van der Waals surface area contributed by atoms with E-state index in [4.69, 9.17) is 5.11 Å². The fraction of sp³-hybridized carbons (Fsp3) is 0.385. The predicted molar refractivity (Wildman–Crippen MR) is 63.9 cm³/mol. The Labute approximate surface area is 99.9 Å². The van der Waals surface area contributed by atoms with E-state index in [1.54, 1.807) is 0 Å². The highest BCUT2D eigenvalue weighted by Crippen LogP contribution is 2.27. The molecule has 0 radical (unpaired) electrons. The van der Waals surface area contributed by atoms with E-state index in [1.165, 1.54) is 4.90 Å². The maximum absolute atomic E-state index is 11.8. The fourth-order valence-corrected chi connectivity index (χ4v) is 2.08. The molecule has 0 unspecified atom stereocenters. The highest BCUT2D eigenvalue weighted by molar-refractivity contribution is 6.43. The number of aryl methyl sites for hydroxylation is 1. The maximum Gasteiger partial charge on any atom is 0.294 e. The van der Waals surface area contributed by atoms with Gasteiger partial charge in [0.05, 0.1) is 0 Å². The van der Waals surface area contributed by atoms with Crippen molar-refractivity contribution in [1.82, 2.24) is 0 Å². The number of benzene rings is 1. The molecule has 2 rings (SSSR count). The topological polar surface area (TPSA) is 57.6 Å². The number of fused-ring (bicyclic) bond motifs is 1. The first-order chi connectivity index (χ1) is 8.13. The minimum absolute atomic E-state index is 0.0131. The molecule has 1 heterocycles. The van der Waals surface area contributed by atoms with E-state index in [2.05, 4.69) is 0 Å². The molecule has 1 aliphatic rings. The first-order valence-electron chi connectivity index (χ1n) is 5.68. The maximum atomic E-state index is 11.8. The number of carbonyl (C=O) groups excluding carboxylic acids is 2. The number of anilines is 1. The van der Waals surface area contributed by atoms with E-state index >= 15 is 0 Å². The average molecular weight is 233 g/mol. The van der Waals surface area contributed by atoms with Crippen molar-refractivity contribution in [2.45, 2.75) is 19.8 Å². The van der Waals surface area contributed by atoms with E-state index in [1.807, 2.05) is 25.1 Å². The lowest BCUT2D eigenvalue weighted by atomic mass is 9.98. The number of carbonyl (C=O) groups is 2. The normalized spacial score (nSPS) is 15.1. The Morgan fingerprint density at radius 2 is 2.12 bits per heavy atom. The summed E-state index contributed by atoms with van der Waals surface area (Å²) < 4.78 is 0. The van der Waals surface area contributed by atoms with E-state index in [0.717, 1.165) is 16.8 Å². The predicted octanol–water partition coefficient (Wildman–Crippen LogP) is 0.836. The number of ketones is 1. The fourth-order valence-electron chi connectivity index (χ4n) is 2.08. The Morgan fingerprint density at radius 3 is 2.82 bits per heavy atom. The third kappa shape index (κ3) is 2.22. The van der Waals surface area contributed by atoms with E-state index in [-0.39, 0.29) is 18.8 Å². The van der Waals surface area contributed by atoms with Gasteiger partial charge in [-0.3, -0.25) is 9.59 Å². The molecule has 1 aromatic carbocycles. The Balaban J connectivity index is 2.38. The highest BCUT2D eigenvalue weighted by atomic mass is 16.3. The van der Waals surface area contributed by atoms with Gasteiger partial charge < -0.3 is 10.0 Å². The van der Waals surface area contributed by atoms with Gasteiger partial charge in [0, 0.05) is 25.3 Å². The molecule has 0 saturated heterocycles. The highest BCUT2D eigenvalue weighted by Gasteiger charge is 2.30. The molecule has 0 spiro atoms. The van der Waals surface area contributed by atoms with Crippen LogP contribution >= 0.6 is 0 Å². The number of nitrogens with zero attached hydrogens (tertiary/aromatic N) is 1. The van der Waals surface area contributed by atoms with Gasteiger partial charge in [-0.15, -0.1) is 0 Å². The molecule has 0 saturated carbocycles. The van der Waals surface area contributed by atoms with Crippen LogP contribution in [-0.2, 0) is 16.0 Å². The van der Waals surface area contributed by atoms with Crippen molar-refractivity contribution < 1.29 is 14.7 Å². The van der Waals surface area contributed by atoms with Gasteiger partial charge in [-0.25, -0.2) is 0 Å². The number of Topliss-reactive ketones (excluding diaryl/α,β-unsaturated/α-hetero) is 1. The van der Waals surface area contributed by atoms with Crippen LogP contribution in [0.5, 0.6) is 0 Å². The van der Waals surface area contributed by atoms with Gasteiger partial charge in [-0.2, -0.15) is 0 Å². The monoisotopic (exact) mass is 233 g/mol. The summed E-state index contributed by atoms with van der Waals surface area (Å²) in [4.78, 5) is 24.8. The van der Waals surface area contributed by atoms with Crippen LogP contribution in [-0.4, -0.2) is 29.9 Å². The van der Waals surface area contributed by atoms with E-state index in [0.29, 0.717) is 13.0 Å². The zero-order chi connectivity index (χ0) is 12.4. The first kappa shape index (κ1) is 11.8. The van der Waals surface area contributed by atoms with Crippen molar-refractivity contribution in [3.05, 3.63) is 29.3 Å². The Hall–Kier alpha value is -1.68. The minimum Gasteiger partial charge on any atom is -0.396 e. The Kier molecular flexibility index (Phi) is 3.24. The number of amides is 1. The van der Waals surface area contributed by atoms with Crippen molar-refractivity contribution in [2.75, 3.05) is 18.1 Å². The summed E-state index contributed by atoms with van der Waals surface area (Å²) in [5.74, 6) is -0.837. The molecule has 1 aliphatic heterocycles. The van der Waals surface area contributed by atoms with E-state index in [9.17, 15) is 9.59 Å². The largest absolute Gasteiger partial charge is 0.396 e. The zero-order valence-electron chi connectivity index (χ0n) is 9.77. The molecule has 4 heteroatoms. The lowest BCUT2D eigenvalue weighted by Gasteiger charge is -2.28. The summed E-state index contributed by atoms with van der Waals surface area (Å²) in [6.07, 6.45) is 0.664. The minimum atomic E-state index is -0.463. The molecule has 1 amide bonds. The number of rotatable bonds is 3. The van der Waals surface area contributed by atoms with Crippen LogP contribution < -0.4 is 4.90 Å². The molecule has 90 valence electrons. The molecule has 1 aromatic rings. The van der Waals surface area contributed by atoms with Crippen molar-refractivity contribution in [3.8, 4) is 0 Å². The number of hydrogen-bond donors (Lipinski definition) is 1. The van der Waals surface area contributed by atoms with Crippen molar-refractivity contribution in [3.63, 3.8) is 0 Å². The number of hydrogen-bond acceptors (Lipinski definition) is 3. The van der Waals surface area contributed by atoms with Gasteiger partial charge >= 0.3 is 0 Å². The third-order valence-electron chi connectivity index (χ3n) is 2.90. The molecule has 1 N–H and O–H groups in total. The lowest BCUT2D eigenvalue weighted by molar-refractivity contribution is -0.136. The van der Waals surface area contributed by atoms with Crippen molar-refractivity contribution in [1.29, 1.82) is 0 Å². The molecule has 0 fully saturated rings. The molecule has 0 aromatic heterocycles. The van der Waals surface area contributed by atoms with Gasteiger partial charge in [-0.05, 0) is 25.0 Å².